The first-order chi connectivity index (χ1) is 14.9. The lowest BCUT2D eigenvalue weighted by Crippen LogP contribution is -2.23. The van der Waals surface area contributed by atoms with Crippen LogP contribution in [0.1, 0.15) is 55.4 Å². The number of oxime groups is 1. The average Bonchev–Trinajstić information content (AvgIpc) is 3.35. The van der Waals surface area contributed by atoms with Crippen molar-refractivity contribution in [3.8, 4) is 34.1 Å². The van der Waals surface area contributed by atoms with Crippen molar-refractivity contribution in [1.82, 2.24) is 15.6 Å². The van der Waals surface area contributed by atoms with E-state index < -0.39 is 5.91 Å². The molecule has 0 aliphatic heterocycles. The fourth-order valence-electron chi connectivity index (χ4n) is 2.97. The summed E-state index contributed by atoms with van der Waals surface area (Å²) in [6.45, 7) is 8.15. The fraction of sp³-hybridized carbons (Fsp3) is 0.333. The van der Waals surface area contributed by atoms with Gasteiger partial charge >= 0.3 is 0 Å². The molecule has 1 aromatic carbocycles. The Morgan fingerprint density at radius 2 is 1.97 bits per heavy atom. The summed E-state index contributed by atoms with van der Waals surface area (Å²) < 4.78 is 10.9. The van der Waals surface area contributed by atoms with Gasteiger partial charge in [0.05, 0.1) is 11.8 Å². The monoisotopic (exact) mass is 428 g/mol. The van der Waals surface area contributed by atoms with Crippen LogP contribution < -0.4 is 5.32 Å². The number of hydrogen-bond donors (Lipinski definition) is 3. The topological polar surface area (TPSA) is 143 Å². The van der Waals surface area contributed by atoms with Crippen molar-refractivity contribution in [2.45, 2.75) is 33.6 Å². The molecule has 164 valence electrons. The van der Waals surface area contributed by atoms with Crippen LogP contribution in [0.2, 0.25) is 0 Å². The van der Waals surface area contributed by atoms with Crippen molar-refractivity contribution >= 4 is 12.1 Å². The van der Waals surface area contributed by atoms with Gasteiger partial charge in [0.1, 0.15) is 29.4 Å². The van der Waals surface area contributed by atoms with Crippen LogP contribution in [0.5, 0.6) is 11.5 Å². The van der Waals surface area contributed by atoms with Crippen molar-refractivity contribution in [2.24, 2.45) is 5.16 Å². The Bertz CT molecular complexity index is 1100. The number of carbonyl (C=O) groups excluding carboxylic acids is 1. The second-order valence-corrected chi connectivity index (χ2v) is 6.95. The number of benzene rings is 1. The molecule has 31 heavy (non-hydrogen) atoms. The number of hydrogen-bond acceptors (Lipinski definition) is 9. The Labute approximate surface area is 178 Å². The van der Waals surface area contributed by atoms with E-state index in [0.29, 0.717) is 24.4 Å². The summed E-state index contributed by atoms with van der Waals surface area (Å²) in [5, 5.41) is 34.9. The van der Waals surface area contributed by atoms with Crippen LogP contribution in [0.3, 0.4) is 0 Å². The lowest BCUT2D eigenvalue weighted by atomic mass is 9.95. The third-order valence-corrected chi connectivity index (χ3v) is 4.42. The van der Waals surface area contributed by atoms with E-state index in [1.54, 1.807) is 26.0 Å². The van der Waals surface area contributed by atoms with Crippen LogP contribution in [-0.2, 0) is 4.84 Å². The van der Waals surface area contributed by atoms with Crippen molar-refractivity contribution in [3.63, 3.8) is 0 Å². The van der Waals surface area contributed by atoms with E-state index in [9.17, 15) is 15.0 Å². The average molecular weight is 428 g/mol. The first kappa shape index (κ1) is 21.9. The van der Waals surface area contributed by atoms with E-state index in [1.165, 1.54) is 12.3 Å². The van der Waals surface area contributed by atoms with Gasteiger partial charge in [0.15, 0.2) is 17.2 Å². The Morgan fingerprint density at radius 1 is 1.19 bits per heavy atom. The third-order valence-electron chi connectivity index (χ3n) is 4.42. The Morgan fingerprint density at radius 3 is 2.65 bits per heavy atom. The number of rotatable bonds is 8. The van der Waals surface area contributed by atoms with Crippen LogP contribution in [0.25, 0.3) is 22.6 Å². The summed E-state index contributed by atoms with van der Waals surface area (Å²) in [5.74, 6) is -0.495. The van der Waals surface area contributed by atoms with E-state index in [1.807, 2.05) is 13.8 Å². The van der Waals surface area contributed by atoms with Crippen LogP contribution in [0.4, 0.5) is 0 Å². The second kappa shape index (κ2) is 9.33. The Balaban J connectivity index is 2.18. The van der Waals surface area contributed by atoms with Gasteiger partial charge in [0.2, 0.25) is 0 Å². The molecule has 10 heteroatoms. The number of phenols is 2. The molecular formula is C21H24N4O6. The number of phenolic OH excluding ortho intramolecular Hbond substituents is 2. The highest BCUT2D eigenvalue weighted by Crippen LogP contribution is 2.43. The lowest BCUT2D eigenvalue weighted by molar-refractivity contribution is 0.0947. The van der Waals surface area contributed by atoms with Crippen molar-refractivity contribution in [2.75, 3.05) is 13.2 Å². The van der Waals surface area contributed by atoms with Crippen molar-refractivity contribution in [3.05, 3.63) is 35.2 Å². The largest absolute Gasteiger partial charge is 0.508 e. The van der Waals surface area contributed by atoms with Crippen LogP contribution in [-0.4, -0.2) is 45.8 Å². The fourth-order valence-corrected chi connectivity index (χ4v) is 2.97. The maximum absolute atomic E-state index is 12.6. The first-order valence-electron chi connectivity index (χ1n) is 9.83. The molecule has 3 rings (SSSR count). The molecule has 0 atom stereocenters. The summed E-state index contributed by atoms with van der Waals surface area (Å²) in [6, 6.07) is 4.36. The zero-order chi connectivity index (χ0) is 22.5. The van der Waals surface area contributed by atoms with Gasteiger partial charge in [-0.05, 0) is 31.4 Å². The smallest absolute Gasteiger partial charge is 0.274 e. The first-order valence-corrected chi connectivity index (χ1v) is 9.83. The highest BCUT2D eigenvalue weighted by molar-refractivity contribution is 6.02. The molecule has 3 aromatic rings. The molecule has 0 saturated carbocycles. The molecule has 0 saturated heterocycles. The quantitative estimate of drug-likeness (QED) is 0.364. The maximum atomic E-state index is 12.6. The van der Waals surface area contributed by atoms with Gasteiger partial charge in [0.25, 0.3) is 5.91 Å². The van der Waals surface area contributed by atoms with Crippen LogP contribution in [0, 0.1) is 0 Å². The van der Waals surface area contributed by atoms with E-state index in [2.05, 4.69) is 20.8 Å². The van der Waals surface area contributed by atoms with E-state index >= 15 is 0 Å². The van der Waals surface area contributed by atoms with E-state index in [0.717, 1.165) is 0 Å². The zero-order valence-corrected chi connectivity index (χ0v) is 17.7. The summed E-state index contributed by atoms with van der Waals surface area (Å²) in [7, 11) is 0. The highest BCUT2D eigenvalue weighted by Gasteiger charge is 2.29. The van der Waals surface area contributed by atoms with Crippen molar-refractivity contribution in [1.29, 1.82) is 0 Å². The molecule has 0 radical (unpaired) electrons. The Kier molecular flexibility index (Phi) is 6.58. The number of amides is 1. The molecule has 0 aliphatic carbocycles. The molecule has 10 nitrogen and oxygen atoms in total. The summed E-state index contributed by atoms with van der Waals surface area (Å²) in [6.07, 6.45) is 1.37. The molecule has 0 bridgehead atoms. The number of nitrogens with one attached hydrogen (secondary N) is 1. The van der Waals surface area contributed by atoms with Gasteiger partial charge in [-0.15, -0.1) is 0 Å². The van der Waals surface area contributed by atoms with Gasteiger partial charge < -0.3 is 29.4 Å². The van der Waals surface area contributed by atoms with Crippen LogP contribution in [0.15, 0.2) is 32.4 Å². The predicted octanol–water partition coefficient (Wildman–Crippen LogP) is 3.65. The van der Waals surface area contributed by atoms with Gasteiger partial charge in [-0.25, -0.2) is 0 Å². The van der Waals surface area contributed by atoms with E-state index in [4.69, 9.17) is 13.9 Å². The number of aromatic hydroxyl groups is 2. The normalized spacial score (nSPS) is 11.4. The summed E-state index contributed by atoms with van der Waals surface area (Å²) >= 11 is 0. The van der Waals surface area contributed by atoms with Gasteiger partial charge in [-0.1, -0.05) is 29.3 Å². The van der Waals surface area contributed by atoms with Gasteiger partial charge in [-0.3, -0.25) is 4.79 Å². The molecule has 2 aromatic heterocycles. The van der Waals surface area contributed by atoms with E-state index in [-0.39, 0.29) is 45.8 Å². The lowest BCUT2D eigenvalue weighted by Gasteiger charge is -2.11. The summed E-state index contributed by atoms with van der Waals surface area (Å²) in [4.78, 5) is 17.5. The molecule has 3 N–H and O–H groups in total. The third kappa shape index (κ3) is 4.52. The van der Waals surface area contributed by atoms with Crippen LogP contribution >= 0.6 is 0 Å². The molecule has 0 fully saturated rings. The maximum Gasteiger partial charge on any atom is 0.274 e. The van der Waals surface area contributed by atoms with Gasteiger partial charge in [-0.2, -0.15) is 0 Å². The Hall–Kier alpha value is -3.82. The van der Waals surface area contributed by atoms with Gasteiger partial charge in [0, 0.05) is 18.7 Å². The molecular weight excluding hydrogens is 404 g/mol. The number of aromatic nitrogens is 2. The molecule has 1 amide bonds. The molecule has 0 unspecified atom stereocenters. The molecule has 0 aliphatic rings. The second-order valence-electron chi connectivity index (χ2n) is 6.95. The zero-order valence-electron chi connectivity index (χ0n) is 17.7. The SMILES string of the molecule is CCNC(=O)c1noc(-c2cc(C(C)C)c(O)cc2O)c1-c1cc(C=NOCC)no1. The summed E-state index contributed by atoms with van der Waals surface area (Å²) in [5.41, 5.74) is 1.39. The number of nitrogens with zero attached hydrogens (tertiary/aromatic N) is 3. The highest BCUT2D eigenvalue weighted by atomic mass is 16.6. The molecule has 2 heterocycles. The minimum Gasteiger partial charge on any atom is -0.508 e. The minimum absolute atomic E-state index is 0.0276. The number of carbonyl (C=O) groups is 1. The van der Waals surface area contributed by atoms with Crippen molar-refractivity contribution < 1.29 is 28.9 Å². The molecule has 0 spiro atoms. The predicted molar refractivity (Wildman–Crippen MR) is 112 cm³/mol. The minimum atomic E-state index is -0.476. The standard InChI is InChI=1S/C21H24N4O6/c1-5-22-21(28)19-18(17-7-12(24-30-17)10-23-29-6-2)20(31-25-19)14-8-13(11(3)4)15(26)9-16(14)27/h7-11,26-27H,5-6H2,1-4H3,(H,22,28).